The molecule has 2 heterocycles. The van der Waals surface area contributed by atoms with Gasteiger partial charge in [0.15, 0.2) is 17.5 Å². The van der Waals surface area contributed by atoms with Crippen LogP contribution < -0.4 is 0 Å². The van der Waals surface area contributed by atoms with Crippen molar-refractivity contribution in [3.05, 3.63) is 200 Å². The number of hydrogen-bond donors (Lipinski definition) is 0. The molecule has 4 heteroatoms. The van der Waals surface area contributed by atoms with Crippen molar-refractivity contribution in [2.75, 3.05) is 0 Å². The molecule has 0 bridgehead atoms. The molecule has 0 aliphatic rings. The third-order valence-corrected chi connectivity index (χ3v) is 10.2. The maximum Gasteiger partial charge on any atom is 0.164 e. The number of furan rings is 1. The Bertz CT molecular complexity index is 2820. The summed E-state index contributed by atoms with van der Waals surface area (Å²) >= 11 is 0. The minimum absolute atomic E-state index is 0.582. The van der Waals surface area contributed by atoms with Crippen molar-refractivity contribution >= 4 is 21.9 Å². The van der Waals surface area contributed by atoms with E-state index in [0.29, 0.717) is 17.5 Å². The number of rotatable bonds is 7. The summed E-state index contributed by atoms with van der Waals surface area (Å²) in [5.74, 6) is 1.80. The van der Waals surface area contributed by atoms with Crippen molar-refractivity contribution in [3.63, 3.8) is 0 Å². The van der Waals surface area contributed by atoms with E-state index >= 15 is 0 Å². The summed E-state index contributed by atoms with van der Waals surface area (Å²) in [6, 6.07) is 69.3. The van der Waals surface area contributed by atoms with Crippen LogP contribution in [0.15, 0.2) is 205 Å². The van der Waals surface area contributed by atoms with Crippen LogP contribution in [0.4, 0.5) is 0 Å². The van der Waals surface area contributed by atoms with Gasteiger partial charge in [-0.15, -0.1) is 0 Å². The fraction of sp³-hybridized carbons (Fsp3) is 0. The van der Waals surface area contributed by atoms with E-state index in [9.17, 15) is 0 Å². The van der Waals surface area contributed by atoms with Crippen LogP contribution in [0.5, 0.6) is 0 Å². The lowest BCUT2D eigenvalue weighted by Crippen LogP contribution is -2.00. The first-order chi connectivity index (χ1) is 27.2. The second-order valence-corrected chi connectivity index (χ2v) is 13.6. The van der Waals surface area contributed by atoms with Crippen molar-refractivity contribution in [2.45, 2.75) is 0 Å². The first-order valence-corrected chi connectivity index (χ1v) is 18.4. The Labute approximate surface area is 319 Å². The van der Waals surface area contributed by atoms with Gasteiger partial charge in [0.25, 0.3) is 0 Å². The van der Waals surface area contributed by atoms with Crippen molar-refractivity contribution in [3.8, 4) is 78.7 Å². The quantitative estimate of drug-likeness (QED) is 0.166. The molecule has 10 aromatic rings. The van der Waals surface area contributed by atoms with E-state index in [1.165, 1.54) is 11.1 Å². The Hall–Kier alpha value is -7.43. The average Bonchev–Trinajstić information content (AvgIpc) is 3.66. The van der Waals surface area contributed by atoms with Gasteiger partial charge in [0.05, 0.1) is 0 Å². The van der Waals surface area contributed by atoms with Crippen molar-refractivity contribution in [1.29, 1.82) is 0 Å². The van der Waals surface area contributed by atoms with Gasteiger partial charge in [0, 0.05) is 27.5 Å². The summed E-state index contributed by atoms with van der Waals surface area (Å²) < 4.78 is 6.54. The van der Waals surface area contributed by atoms with Gasteiger partial charge in [-0.2, -0.15) is 0 Å². The van der Waals surface area contributed by atoms with Crippen LogP contribution in [-0.4, -0.2) is 15.0 Å². The van der Waals surface area contributed by atoms with Crippen LogP contribution in [0.1, 0.15) is 0 Å². The highest BCUT2D eigenvalue weighted by Gasteiger charge is 2.17. The molecule has 0 unspecified atom stereocenters. The van der Waals surface area contributed by atoms with Crippen LogP contribution in [0.25, 0.3) is 101 Å². The first-order valence-electron chi connectivity index (χ1n) is 18.4. The van der Waals surface area contributed by atoms with E-state index in [0.717, 1.165) is 72.0 Å². The lowest BCUT2D eigenvalue weighted by atomic mass is 9.96. The highest BCUT2D eigenvalue weighted by atomic mass is 16.3. The van der Waals surface area contributed by atoms with Crippen molar-refractivity contribution in [1.82, 2.24) is 15.0 Å². The highest BCUT2D eigenvalue weighted by Crippen LogP contribution is 2.39. The van der Waals surface area contributed by atoms with Gasteiger partial charge in [0.1, 0.15) is 11.2 Å². The van der Waals surface area contributed by atoms with Gasteiger partial charge in [-0.1, -0.05) is 182 Å². The molecule has 0 atom stereocenters. The molecule has 4 nitrogen and oxygen atoms in total. The van der Waals surface area contributed by atoms with E-state index in [1.54, 1.807) is 0 Å². The molecule has 0 aliphatic carbocycles. The molecular weight excluding hydrogens is 671 g/mol. The summed E-state index contributed by atoms with van der Waals surface area (Å²) in [5, 5.41) is 2.13. The van der Waals surface area contributed by atoms with E-state index < -0.39 is 0 Å². The van der Waals surface area contributed by atoms with Gasteiger partial charge in [-0.3, -0.25) is 0 Å². The summed E-state index contributed by atoms with van der Waals surface area (Å²) in [6.45, 7) is 0. The smallest absolute Gasteiger partial charge is 0.164 e. The monoisotopic (exact) mass is 703 g/mol. The molecule has 258 valence electrons. The minimum Gasteiger partial charge on any atom is -0.456 e. The van der Waals surface area contributed by atoms with Crippen LogP contribution in [0.3, 0.4) is 0 Å². The maximum atomic E-state index is 6.54. The largest absolute Gasteiger partial charge is 0.456 e. The molecule has 0 N–H and O–H groups in total. The molecule has 2 aromatic heterocycles. The Kier molecular flexibility index (Phi) is 8.12. The van der Waals surface area contributed by atoms with E-state index in [2.05, 4.69) is 176 Å². The molecule has 10 rings (SSSR count). The third kappa shape index (κ3) is 6.26. The first kappa shape index (κ1) is 32.2. The van der Waals surface area contributed by atoms with Crippen LogP contribution in [0.2, 0.25) is 0 Å². The second kappa shape index (κ2) is 13.8. The van der Waals surface area contributed by atoms with Gasteiger partial charge in [-0.25, -0.2) is 15.0 Å². The highest BCUT2D eigenvalue weighted by molar-refractivity contribution is 6.13. The zero-order chi connectivity index (χ0) is 36.6. The zero-order valence-corrected chi connectivity index (χ0v) is 29.8. The summed E-state index contributed by atoms with van der Waals surface area (Å²) in [7, 11) is 0. The maximum absolute atomic E-state index is 6.54. The lowest BCUT2D eigenvalue weighted by Gasteiger charge is -2.10. The number of aromatic nitrogens is 3. The molecule has 8 aromatic carbocycles. The standard InChI is InChI=1S/C51H33N3O/c1-4-11-34(12-5-1)37-19-25-40(26-20-37)44-17-10-18-46-48(44)45-32-31-43(33-47(45)55-46)51-53-49(41-27-21-38(22-28-41)35-13-6-2-7-14-35)52-50(54-51)42-29-23-39(24-30-42)36-15-8-3-9-16-36/h1-33H. The fourth-order valence-corrected chi connectivity index (χ4v) is 7.33. The predicted octanol–water partition coefficient (Wildman–Crippen LogP) is 13.4. The molecule has 0 saturated carbocycles. The van der Waals surface area contributed by atoms with E-state index in [1.807, 2.05) is 24.3 Å². The second-order valence-electron chi connectivity index (χ2n) is 13.6. The Morgan fingerprint density at radius 2 is 0.655 bits per heavy atom. The Balaban J connectivity index is 1.06. The van der Waals surface area contributed by atoms with Gasteiger partial charge in [0.2, 0.25) is 0 Å². The van der Waals surface area contributed by atoms with Gasteiger partial charge >= 0.3 is 0 Å². The molecule has 0 aliphatic heterocycles. The molecule has 0 radical (unpaired) electrons. The Morgan fingerprint density at radius 1 is 0.273 bits per heavy atom. The topological polar surface area (TPSA) is 51.8 Å². The molecule has 0 fully saturated rings. The van der Waals surface area contributed by atoms with Gasteiger partial charge in [-0.05, 0) is 62.7 Å². The van der Waals surface area contributed by atoms with Crippen LogP contribution in [0, 0.1) is 0 Å². The zero-order valence-electron chi connectivity index (χ0n) is 29.8. The lowest BCUT2D eigenvalue weighted by molar-refractivity contribution is 0.669. The predicted molar refractivity (Wildman–Crippen MR) is 225 cm³/mol. The normalized spacial score (nSPS) is 11.3. The average molecular weight is 704 g/mol. The number of nitrogens with zero attached hydrogens (tertiary/aromatic N) is 3. The van der Waals surface area contributed by atoms with Gasteiger partial charge < -0.3 is 4.42 Å². The van der Waals surface area contributed by atoms with Crippen molar-refractivity contribution in [2.24, 2.45) is 0 Å². The SMILES string of the molecule is c1ccc(-c2ccc(-c3nc(-c4ccc(-c5ccccc5)cc4)nc(-c4ccc5c(c4)oc4cccc(-c6ccc(-c7ccccc7)cc6)c45)n3)cc2)cc1. The van der Waals surface area contributed by atoms with Crippen LogP contribution in [-0.2, 0) is 0 Å². The number of fused-ring (bicyclic) bond motifs is 3. The molecular formula is C51H33N3O. The molecule has 55 heavy (non-hydrogen) atoms. The minimum atomic E-state index is 0.582. The summed E-state index contributed by atoms with van der Waals surface area (Å²) in [6.07, 6.45) is 0. The molecule has 0 spiro atoms. The summed E-state index contributed by atoms with van der Waals surface area (Å²) in [4.78, 5) is 15.2. The van der Waals surface area contributed by atoms with E-state index in [4.69, 9.17) is 19.4 Å². The number of benzene rings is 8. The fourth-order valence-electron chi connectivity index (χ4n) is 7.33. The number of hydrogen-bond acceptors (Lipinski definition) is 4. The molecule has 0 saturated heterocycles. The Morgan fingerprint density at radius 3 is 1.13 bits per heavy atom. The van der Waals surface area contributed by atoms with Crippen LogP contribution >= 0.6 is 0 Å². The van der Waals surface area contributed by atoms with E-state index in [-0.39, 0.29) is 0 Å². The third-order valence-electron chi connectivity index (χ3n) is 10.2. The summed E-state index contributed by atoms with van der Waals surface area (Å²) in [5.41, 5.74) is 13.6. The molecule has 0 amide bonds. The van der Waals surface area contributed by atoms with Crippen molar-refractivity contribution < 1.29 is 4.42 Å².